The Morgan fingerprint density at radius 1 is 1.28 bits per heavy atom. The number of carbonyl (C=O) groups is 3. The standard InChI is InChI=1S/C21H31N5O3/c1-5-11-25-19(28)21(26(20(25)29)14-15(2)3)8-12-24(13-9-21)18(27)16-7-6-10-23-17(16)22-4/h6-7,10,15H,5,8-9,11-14H2,1-4H3,(H,22,23). The number of rotatable bonds is 6. The van der Waals surface area contributed by atoms with E-state index in [-0.39, 0.29) is 23.8 Å². The monoisotopic (exact) mass is 401 g/mol. The van der Waals surface area contributed by atoms with Gasteiger partial charge in [-0.1, -0.05) is 20.8 Å². The van der Waals surface area contributed by atoms with Gasteiger partial charge < -0.3 is 15.1 Å². The van der Waals surface area contributed by atoms with E-state index in [2.05, 4.69) is 10.3 Å². The zero-order valence-corrected chi connectivity index (χ0v) is 17.8. The van der Waals surface area contributed by atoms with Crippen molar-refractivity contribution in [1.82, 2.24) is 19.7 Å². The molecule has 2 aliphatic rings. The van der Waals surface area contributed by atoms with Gasteiger partial charge >= 0.3 is 6.03 Å². The third-order valence-corrected chi connectivity index (χ3v) is 5.77. The lowest BCUT2D eigenvalue weighted by atomic mass is 9.85. The molecule has 8 heteroatoms. The summed E-state index contributed by atoms with van der Waals surface area (Å²) in [6.07, 6.45) is 3.31. The summed E-state index contributed by atoms with van der Waals surface area (Å²) in [5, 5.41) is 2.95. The lowest BCUT2D eigenvalue weighted by Gasteiger charge is -2.42. The number of anilines is 1. The van der Waals surface area contributed by atoms with Crippen LogP contribution < -0.4 is 5.32 Å². The summed E-state index contributed by atoms with van der Waals surface area (Å²) < 4.78 is 0. The molecule has 1 spiro atoms. The van der Waals surface area contributed by atoms with Crippen molar-refractivity contribution >= 4 is 23.7 Å². The minimum Gasteiger partial charge on any atom is -0.372 e. The van der Waals surface area contributed by atoms with E-state index in [4.69, 9.17) is 0 Å². The first-order valence-electron chi connectivity index (χ1n) is 10.4. The molecule has 0 atom stereocenters. The minimum absolute atomic E-state index is 0.102. The number of imide groups is 1. The molecule has 0 radical (unpaired) electrons. The van der Waals surface area contributed by atoms with Crippen LogP contribution >= 0.6 is 0 Å². The highest BCUT2D eigenvalue weighted by Crippen LogP contribution is 2.38. The smallest absolute Gasteiger partial charge is 0.327 e. The number of hydrogen-bond donors (Lipinski definition) is 1. The van der Waals surface area contributed by atoms with Crippen molar-refractivity contribution in [2.45, 2.75) is 45.6 Å². The van der Waals surface area contributed by atoms with Gasteiger partial charge in [-0.3, -0.25) is 14.5 Å². The molecule has 29 heavy (non-hydrogen) atoms. The molecule has 0 bridgehead atoms. The lowest BCUT2D eigenvalue weighted by molar-refractivity contribution is -0.135. The van der Waals surface area contributed by atoms with E-state index in [9.17, 15) is 14.4 Å². The summed E-state index contributed by atoms with van der Waals surface area (Å²) in [5.41, 5.74) is -0.305. The average Bonchev–Trinajstić information content (AvgIpc) is 2.90. The highest BCUT2D eigenvalue weighted by atomic mass is 16.2. The molecule has 2 aliphatic heterocycles. The number of nitrogens with one attached hydrogen (secondary N) is 1. The van der Waals surface area contributed by atoms with Gasteiger partial charge in [-0.15, -0.1) is 0 Å². The summed E-state index contributed by atoms with van der Waals surface area (Å²) in [4.78, 5) is 48.4. The van der Waals surface area contributed by atoms with E-state index < -0.39 is 5.54 Å². The van der Waals surface area contributed by atoms with Gasteiger partial charge in [-0.05, 0) is 37.3 Å². The third-order valence-electron chi connectivity index (χ3n) is 5.77. The fraction of sp³-hybridized carbons (Fsp3) is 0.619. The molecule has 0 aliphatic carbocycles. The summed E-state index contributed by atoms with van der Waals surface area (Å²) in [6.45, 7) is 7.92. The van der Waals surface area contributed by atoms with E-state index >= 15 is 0 Å². The Morgan fingerprint density at radius 2 is 1.97 bits per heavy atom. The Morgan fingerprint density at radius 3 is 2.55 bits per heavy atom. The van der Waals surface area contributed by atoms with Crippen LogP contribution in [0.1, 0.15) is 50.4 Å². The van der Waals surface area contributed by atoms with Crippen molar-refractivity contribution in [3.63, 3.8) is 0 Å². The van der Waals surface area contributed by atoms with Crippen LogP contribution in [0.25, 0.3) is 0 Å². The van der Waals surface area contributed by atoms with Crippen LogP contribution in [0.4, 0.5) is 10.6 Å². The van der Waals surface area contributed by atoms with E-state index in [1.54, 1.807) is 35.2 Å². The predicted molar refractivity (Wildman–Crippen MR) is 111 cm³/mol. The molecule has 4 amide bonds. The second-order valence-corrected chi connectivity index (χ2v) is 8.22. The first-order valence-corrected chi connectivity index (χ1v) is 10.4. The van der Waals surface area contributed by atoms with Crippen LogP contribution in [-0.2, 0) is 4.79 Å². The second-order valence-electron chi connectivity index (χ2n) is 8.22. The summed E-state index contributed by atoms with van der Waals surface area (Å²) in [7, 11) is 1.74. The molecule has 0 saturated carbocycles. The molecule has 1 aromatic rings. The van der Waals surface area contributed by atoms with Crippen molar-refractivity contribution in [3.05, 3.63) is 23.9 Å². The van der Waals surface area contributed by atoms with Crippen molar-refractivity contribution in [1.29, 1.82) is 0 Å². The van der Waals surface area contributed by atoms with E-state index in [1.165, 1.54) is 4.90 Å². The second kappa shape index (κ2) is 8.39. The van der Waals surface area contributed by atoms with Crippen molar-refractivity contribution in [2.75, 3.05) is 38.5 Å². The van der Waals surface area contributed by atoms with Gasteiger partial charge in [0.2, 0.25) is 0 Å². The van der Waals surface area contributed by atoms with Gasteiger partial charge in [0.05, 0.1) is 5.56 Å². The summed E-state index contributed by atoms with van der Waals surface area (Å²) in [6, 6.07) is 3.31. The number of amides is 4. The number of aromatic nitrogens is 1. The molecule has 1 N–H and O–H groups in total. The SMILES string of the molecule is CCCN1C(=O)N(CC(C)C)C2(CCN(C(=O)c3cccnc3NC)CC2)C1=O. The van der Waals surface area contributed by atoms with Crippen LogP contribution in [-0.4, -0.2) is 76.3 Å². The number of piperidine rings is 1. The number of hydrogen-bond acceptors (Lipinski definition) is 5. The molecule has 2 fully saturated rings. The van der Waals surface area contributed by atoms with Crippen molar-refractivity contribution in [2.24, 2.45) is 5.92 Å². The van der Waals surface area contributed by atoms with E-state index in [1.807, 2.05) is 20.8 Å². The normalized spacial score (nSPS) is 18.9. The number of carbonyl (C=O) groups excluding carboxylic acids is 3. The van der Waals surface area contributed by atoms with Crippen LogP contribution in [0.15, 0.2) is 18.3 Å². The largest absolute Gasteiger partial charge is 0.372 e. The molecule has 2 saturated heterocycles. The van der Waals surface area contributed by atoms with Crippen molar-refractivity contribution < 1.29 is 14.4 Å². The average molecular weight is 402 g/mol. The molecule has 8 nitrogen and oxygen atoms in total. The third kappa shape index (κ3) is 3.68. The molecule has 0 aromatic carbocycles. The van der Waals surface area contributed by atoms with E-state index in [0.717, 1.165) is 6.42 Å². The Bertz CT molecular complexity index is 786. The van der Waals surface area contributed by atoms with Crippen LogP contribution in [0.5, 0.6) is 0 Å². The first kappa shape index (κ1) is 21.1. The Hall–Kier alpha value is -2.64. The number of pyridine rings is 1. The molecular formula is C21H31N5O3. The Balaban J connectivity index is 1.81. The van der Waals surface area contributed by atoms with Crippen LogP contribution in [0, 0.1) is 5.92 Å². The van der Waals surface area contributed by atoms with E-state index in [0.29, 0.717) is 50.4 Å². The zero-order valence-electron chi connectivity index (χ0n) is 17.8. The van der Waals surface area contributed by atoms with Gasteiger partial charge in [0.1, 0.15) is 11.4 Å². The molecule has 158 valence electrons. The minimum atomic E-state index is -0.825. The maximum atomic E-state index is 13.3. The Kier molecular flexibility index (Phi) is 6.10. The van der Waals surface area contributed by atoms with Crippen LogP contribution in [0.2, 0.25) is 0 Å². The predicted octanol–water partition coefficient (Wildman–Crippen LogP) is 2.43. The highest BCUT2D eigenvalue weighted by Gasteiger charge is 2.57. The number of nitrogens with zero attached hydrogens (tertiary/aromatic N) is 4. The maximum Gasteiger partial charge on any atom is 0.327 e. The van der Waals surface area contributed by atoms with Gasteiger partial charge in [0, 0.05) is 39.4 Å². The first-order chi connectivity index (χ1) is 13.9. The molecule has 3 rings (SSSR count). The maximum absolute atomic E-state index is 13.3. The summed E-state index contributed by atoms with van der Waals surface area (Å²) >= 11 is 0. The topological polar surface area (TPSA) is 85.8 Å². The zero-order chi connectivity index (χ0) is 21.2. The lowest BCUT2D eigenvalue weighted by Crippen LogP contribution is -2.58. The van der Waals surface area contributed by atoms with Crippen LogP contribution in [0.3, 0.4) is 0 Å². The van der Waals surface area contributed by atoms with Crippen molar-refractivity contribution in [3.8, 4) is 0 Å². The fourth-order valence-electron chi connectivity index (χ4n) is 4.33. The number of likely N-dealkylation sites (tertiary alicyclic amines) is 1. The fourth-order valence-corrected chi connectivity index (χ4v) is 4.33. The molecule has 3 heterocycles. The highest BCUT2D eigenvalue weighted by molar-refractivity contribution is 6.07. The Labute approximate surface area is 172 Å². The van der Waals surface area contributed by atoms with Gasteiger partial charge in [0.25, 0.3) is 11.8 Å². The quantitative estimate of drug-likeness (QED) is 0.740. The summed E-state index contributed by atoms with van der Waals surface area (Å²) in [5.74, 6) is 0.600. The van der Waals surface area contributed by atoms with Gasteiger partial charge in [0.15, 0.2) is 0 Å². The molecule has 0 unspecified atom stereocenters. The number of urea groups is 1. The molecular weight excluding hydrogens is 370 g/mol. The van der Waals surface area contributed by atoms with Gasteiger partial charge in [-0.25, -0.2) is 9.78 Å². The van der Waals surface area contributed by atoms with Gasteiger partial charge in [-0.2, -0.15) is 0 Å². The molecule has 1 aromatic heterocycles.